The highest BCUT2D eigenvalue weighted by Crippen LogP contribution is 2.29. The van der Waals surface area contributed by atoms with Crippen molar-refractivity contribution in [3.05, 3.63) is 29.6 Å². The number of nitriles is 1. The Morgan fingerprint density at radius 3 is 2.94 bits per heavy atom. The van der Waals surface area contributed by atoms with Crippen LogP contribution in [0.1, 0.15) is 25.3 Å². The zero-order valence-electron chi connectivity index (χ0n) is 10.6. The first kappa shape index (κ1) is 12.8. The normalized spacial score (nSPS) is 23.8. The molecular weight excluding hydrogens is 229 g/mol. The van der Waals surface area contributed by atoms with E-state index in [9.17, 15) is 4.39 Å². The number of rotatable bonds is 2. The first-order chi connectivity index (χ1) is 8.65. The maximum atomic E-state index is 13.5. The lowest BCUT2D eigenvalue weighted by Crippen LogP contribution is -2.48. The Morgan fingerprint density at radius 2 is 2.28 bits per heavy atom. The quantitative estimate of drug-likeness (QED) is 0.872. The third-order valence-corrected chi connectivity index (χ3v) is 3.70. The summed E-state index contributed by atoms with van der Waals surface area (Å²) in [6.45, 7) is 3.61. The summed E-state index contributed by atoms with van der Waals surface area (Å²) < 4.78 is 13.5. The largest absolute Gasteiger partial charge is 0.367 e. The van der Waals surface area contributed by atoms with E-state index >= 15 is 0 Å². The zero-order valence-corrected chi connectivity index (χ0v) is 10.6. The number of hydrogen-bond donors (Lipinski definition) is 1. The Hall–Kier alpha value is -1.60. The molecule has 2 rings (SSSR count). The molecule has 1 heterocycles. The van der Waals surface area contributed by atoms with Crippen LogP contribution in [0.15, 0.2) is 18.2 Å². The standard InChI is InChI=1S/C14H18FN3/c1-10-3-2-4-18(14(10)9-17)13-6-11(8-16)5-12(15)7-13/h5-7,10,14H,2-4,9,17H2,1H3. The van der Waals surface area contributed by atoms with E-state index in [1.165, 1.54) is 12.1 Å². The zero-order chi connectivity index (χ0) is 13.1. The molecule has 0 spiro atoms. The van der Waals surface area contributed by atoms with Gasteiger partial charge in [0.2, 0.25) is 0 Å². The highest BCUT2D eigenvalue weighted by Gasteiger charge is 2.27. The molecule has 0 aromatic heterocycles. The minimum absolute atomic E-state index is 0.229. The predicted octanol–water partition coefficient (Wildman–Crippen LogP) is 2.26. The maximum absolute atomic E-state index is 13.5. The lowest BCUT2D eigenvalue weighted by Gasteiger charge is -2.41. The molecule has 96 valence electrons. The van der Waals surface area contributed by atoms with E-state index < -0.39 is 0 Å². The van der Waals surface area contributed by atoms with Crippen molar-refractivity contribution in [1.29, 1.82) is 5.26 Å². The van der Waals surface area contributed by atoms with Crippen molar-refractivity contribution in [2.45, 2.75) is 25.8 Å². The summed E-state index contributed by atoms with van der Waals surface area (Å²) in [4.78, 5) is 2.14. The van der Waals surface area contributed by atoms with Gasteiger partial charge in [-0.15, -0.1) is 0 Å². The van der Waals surface area contributed by atoms with Crippen molar-refractivity contribution >= 4 is 5.69 Å². The van der Waals surface area contributed by atoms with Crippen molar-refractivity contribution in [1.82, 2.24) is 0 Å². The highest BCUT2D eigenvalue weighted by molar-refractivity contribution is 5.53. The van der Waals surface area contributed by atoms with Gasteiger partial charge in [-0.05, 0) is 37.0 Å². The summed E-state index contributed by atoms with van der Waals surface area (Å²) in [6.07, 6.45) is 2.23. The summed E-state index contributed by atoms with van der Waals surface area (Å²) in [6, 6.07) is 6.71. The molecule has 0 bridgehead atoms. The summed E-state index contributed by atoms with van der Waals surface area (Å²) in [5.41, 5.74) is 6.96. The molecule has 1 fully saturated rings. The van der Waals surface area contributed by atoms with Crippen LogP contribution in [-0.4, -0.2) is 19.1 Å². The SMILES string of the molecule is CC1CCCN(c2cc(F)cc(C#N)c2)C1CN. The van der Waals surface area contributed by atoms with Gasteiger partial charge in [0.05, 0.1) is 11.6 Å². The third-order valence-electron chi connectivity index (χ3n) is 3.70. The Morgan fingerprint density at radius 1 is 1.50 bits per heavy atom. The number of anilines is 1. The Kier molecular flexibility index (Phi) is 3.83. The summed E-state index contributed by atoms with van der Waals surface area (Å²) in [7, 11) is 0. The van der Waals surface area contributed by atoms with Crippen LogP contribution in [0.25, 0.3) is 0 Å². The number of benzene rings is 1. The van der Waals surface area contributed by atoms with E-state index in [0.717, 1.165) is 25.1 Å². The third kappa shape index (κ3) is 2.46. The van der Waals surface area contributed by atoms with Crippen LogP contribution in [0.4, 0.5) is 10.1 Å². The van der Waals surface area contributed by atoms with Crippen molar-refractivity contribution in [3.8, 4) is 6.07 Å². The molecule has 2 N–H and O–H groups in total. The van der Waals surface area contributed by atoms with Gasteiger partial charge in [-0.25, -0.2) is 4.39 Å². The first-order valence-electron chi connectivity index (χ1n) is 6.33. The van der Waals surface area contributed by atoms with Crippen LogP contribution >= 0.6 is 0 Å². The Labute approximate surface area is 107 Å². The molecule has 1 saturated heterocycles. The second kappa shape index (κ2) is 5.36. The van der Waals surface area contributed by atoms with Gasteiger partial charge in [-0.1, -0.05) is 6.92 Å². The summed E-state index contributed by atoms with van der Waals surface area (Å²) in [5.74, 6) is 0.135. The van der Waals surface area contributed by atoms with Crippen LogP contribution < -0.4 is 10.6 Å². The average Bonchev–Trinajstić information content (AvgIpc) is 2.37. The summed E-state index contributed by atoms with van der Waals surface area (Å²) in [5, 5.41) is 8.90. The van der Waals surface area contributed by atoms with Gasteiger partial charge in [0.25, 0.3) is 0 Å². The number of piperidine rings is 1. The van der Waals surface area contributed by atoms with Crippen LogP contribution in [0.3, 0.4) is 0 Å². The number of nitrogens with two attached hydrogens (primary N) is 1. The molecule has 18 heavy (non-hydrogen) atoms. The van der Waals surface area contributed by atoms with Crippen LogP contribution in [-0.2, 0) is 0 Å². The predicted molar refractivity (Wildman–Crippen MR) is 69.7 cm³/mol. The number of halogens is 1. The topological polar surface area (TPSA) is 53.0 Å². The second-order valence-corrected chi connectivity index (χ2v) is 4.93. The number of hydrogen-bond acceptors (Lipinski definition) is 3. The molecule has 4 heteroatoms. The monoisotopic (exact) mass is 247 g/mol. The van der Waals surface area contributed by atoms with Crippen molar-refractivity contribution in [2.75, 3.05) is 18.0 Å². The van der Waals surface area contributed by atoms with Crippen molar-refractivity contribution < 1.29 is 4.39 Å². The van der Waals surface area contributed by atoms with Gasteiger partial charge in [0.15, 0.2) is 0 Å². The molecule has 2 unspecified atom stereocenters. The fraction of sp³-hybridized carbons (Fsp3) is 0.500. The lowest BCUT2D eigenvalue weighted by atomic mass is 9.90. The van der Waals surface area contributed by atoms with Crippen LogP contribution in [0.2, 0.25) is 0 Å². The van der Waals surface area contributed by atoms with Gasteiger partial charge in [0, 0.05) is 24.8 Å². The second-order valence-electron chi connectivity index (χ2n) is 4.93. The molecule has 1 aliphatic rings. The van der Waals surface area contributed by atoms with Crippen LogP contribution in [0.5, 0.6) is 0 Å². The minimum atomic E-state index is -0.363. The van der Waals surface area contributed by atoms with E-state index in [-0.39, 0.29) is 11.9 Å². The molecule has 3 nitrogen and oxygen atoms in total. The molecule has 0 amide bonds. The molecule has 1 aromatic carbocycles. The van der Waals surface area contributed by atoms with Crippen molar-refractivity contribution in [2.24, 2.45) is 11.7 Å². The van der Waals surface area contributed by atoms with Crippen LogP contribution in [0, 0.1) is 23.1 Å². The first-order valence-corrected chi connectivity index (χ1v) is 6.33. The fourth-order valence-electron chi connectivity index (χ4n) is 2.73. The van der Waals surface area contributed by atoms with Gasteiger partial charge in [0.1, 0.15) is 5.82 Å². The van der Waals surface area contributed by atoms with Gasteiger partial charge in [-0.3, -0.25) is 0 Å². The van der Waals surface area contributed by atoms with Gasteiger partial charge >= 0.3 is 0 Å². The van der Waals surface area contributed by atoms with Gasteiger partial charge < -0.3 is 10.6 Å². The Balaban J connectivity index is 2.34. The van der Waals surface area contributed by atoms with E-state index in [4.69, 9.17) is 11.0 Å². The highest BCUT2D eigenvalue weighted by atomic mass is 19.1. The molecule has 0 saturated carbocycles. The van der Waals surface area contributed by atoms with Gasteiger partial charge in [-0.2, -0.15) is 5.26 Å². The molecule has 2 atom stereocenters. The van der Waals surface area contributed by atoms with E-state index in [1.807, 2.05) is 6.07 Å². The molecular formula is C14H18FN3. The average molecular weight is 247 g/mol. The van der Waals surface area contributed by atoms with E-state index in [0.29, 0.717) is 18.0 Å². The Bertz CT molecular complexity index is 467. The molecule has 0 aliphatic carbocycles. The molecule has 0 radical (unpaired) electrons. The molecule has 1 aliphatic heterocycles. The maximum Gasteiger partial charge on any atom is 0.126 e. The van der Waals surface area contributed by atoms with E-state index in [2.05, 4.69) is 11.8 Å². The minimum Gasteiger partial charge on any atom is -0.367 e. The molecule has 1 aromatic rings. The van der Waals surface area contributed by atoms with E-state index in [1.54, 1.807) is 6.07 Å². The summed E-state index contributed by atoms with van der Waals surface area (Å²) >= 11 is 0. The lowest BCUT2D eigenvalue weighted by molar-refractivity contribution is 0.349. The number of nitrogens with zero attached hydrogens (tertiary/aromatic N) is 2. The smallest absolute Gasteiger partial charge is 0.126 e. The fourth-order valence-corrected chi connectivity index (χ4v) is 2.73. The van der Waals surface area contributed by atoms with Crippen molar-refractivity contribution in [3.63, 3.8) is 0 Å².